The third-order valence-corrected chi connectivity index (χ3v) is 4.76. The predicted octanol–water partition coefficient (Wildman–Crippen LogP) is 4.11. The maximum atomic E-state index is 12.5. The number of amides is 1. The average Bonchev–Trinajstić information content (AvgIpc) is 3.21. The van der Waals surface area contributed by atoms with Gasteiger partial charge in [0.25, 0.3) is 0 Å². The van der Waals surface area contributed by atoms with Crippen molar-refractivity contribution in [3.05, 3.63) is 84.3 Å². The lowest BCUT2D eigenvalue weighted by Gasteiger charge is -2.11. The highest BCUT2D eigenvalue weighted by atomic mass is 16.5. The predicted molar refractivity (Wildman–Crippen MR) is 118 cm³/mol. The second kappa shape index (κ2) is 9.21. The van der Waals surface area contributed by atoms with Crippen LogP contribution in [0.15, 0.2) is 73.1 Å². The Balaban J connectivity index is 1.38. The summed E-state index contributed by atoms with van der Waals surface area (Å²) in [5, 5.41) is 2.90. The number of hydrogen-bond donors (Lipinski definition) is 1. The van der Waals surface area contributed by atoms with E-state index in [0.717, 1.165) is 16.9 Å². The van der Waals surface area contributed by atoms with E-state index < -0.39 is 0 Å². The molecule has 31 heavy (non-hydrogen) atoms. The Bertz CT molecular complexity index is 1170. The van der Waals surface area contributed by atoms with E-state index in [4.69, 9.17) is 14.2 Å². The summed E-state index contributed by atoms with van der Waals surface area (Å²) in [6.07, 6.45) is 4.06. The van der Waals surface area contributed by atoms with Crippen LogP contribution in [-0.2, 0) is 17.8 Å². The Morgan fingerprint density at radius 1 is 1.00 bits per heavy atom. The molecule has 4 aromatic rings. The summed E-state index contributed by atoms with van der Waals surface area (Å²) < 4.78 is 18.4. The maximum absolute atomic E-state index is 12.5. The van der Waals surface area contributed by atoms with Crippen LogP contribution < -0.4 is 19.5 Å². The minimum atomic E-state index is -0.152. The zero-order valence-electron chi connectivity index (χ0n) is 17.4. The van der Waals surface area contributed by atoms with Crippen LogP contribution in [0.25, 0.3) is 5.65 Å². The molecule has 1 N–H and O–H groups in total. The van der Waals surface area contributed by atoms with Gasteiger partial charge in [0, 0.05) is 35.8 Å². The minimum absolute atomic E-state index is 0.152. The van der Waals surface area contributed by atoms with Gasteiger partial charge in [-0.2, -0.15) is 0 Å². The van der Waals surface area contributed by atoms with Crippen molar-refractivity contribution in [2.24, 2.45) is 0 Å². The number of benzene rings is 2. The molecular weight excluding hydrogens is 394 g/mol. The van der Waals surface area contributed by atoms with E-state index in [0.29, 0.717) is 29.5 Å². The monoisotopic (exact) mass is 417 g/mol. The zero-order chi connectivity index (χ0) is 21.6. The minimum Gasteiger partial charge on any atom is -0.497 e. The van der Waals surface area contributed by atoms with Crippen LogP contribution in [0, 0.1) is 0 Å². The fourth-order valence-corrected chi connectivity index (χ4v) is 3.25. The van der Waals surface area contributed by atoms with Gasteiger partial charge in [0.1, 0.15) is 29.5 Å². The van der Waals surface area contributed by atoms with Gasteiger partial charge in [-0.15, -0.1) is 0 Å². The van der Waals surface area contributed by atoms with Crippen LogP contribution in [0.5, 0.6) is 17.2 Å². The van der Waals surface area contributed by atoms with Gasteiger partial charge in [0.15, 0.2) is 0 Å². The van der Waals surface area contributed by atoms with Crippen molar-refractivity contribution in [1.29, 1.82) is 0 Å². The lowest BCUT2D eigenvalue weighted by molar-refractivity contribution is -0.115. The topological polar surface area (TPSA) is 74.1 Å². The summed E-state index contributed by atoms with van der Waals surface area (Å²) in [6, 6.07) is 18.5. The molecule has 0 aliphatic carbocycles. The van der Waals surface area contributed by atoms with Crippen molar-refractivity contribution in [2.45, 2.75) is 13.0 Å². The average molecular weight is 417 g/mol. The molecule has 0 unspecified atom stereocenters. The van der Waals surface area contributed by atoms with Gasteiger partial charge >= 0.3 is 0 Å². The Morgan fingerprint density at radius 2 is 1.90 bits per heavy atom. The molecule has 2 heterocycles. The molecule has 0 aliphatic heterocycles. The molecule has 7 heteroatoms. The van der Waals surface area contributed by atoms with Crippen molar-refractivity contribution in [3.63, 3.8) is 0 Å². The number of anilines is 1. The number of ether oxygens (including phenoxy) is 3. The molecule has 0 radical (unpaired) electrons. The van der Waals surface area contributed by atoms with Crippen LogP contribution >= 0.6 is 0 Å². The van der Waals surface area contributed by atoms with Crippen LogP contribution in [0.3, 0.4) is 0 Å². The van der Waals surface area contributed by atoms with Crippen LogP contribution in [0.1, 0.15) is 11.3 Å². The Kier molecular flexibility index (Phi) is 6.03. The number of carbonyl (C=O) groups excluding carboxylic acids is 1. The fourth-order valence-electron chi connectivity index (χ4n) is 3.25. The molecule has 0 saturated carbocycles. The van der Waals surface area contributed by atoms with Gasteiger partial charge in [0.05, 0.1) is 26.3 Å². The summed E-state index contributed by atoms with van der Waals surface area (Å²) in [5.41, 5.74) is 3.13. The number of fused-ring (bicyclic) bond motifs is 1. The standard InChI is InChI=1S/C24H23N3O4/c1-29-20-10-9-17(22(14-20)30-2)12-24(28)26-18-6-5-7-21(13-18)31-16-19-15-27-11-4-3-8-23(27)25-19/h3-11,13-15H,12,16H2,1-2H3,(H,26,28). The number of carbonyl (C=O) groups is 1. The number of hydrogen-bond acceptors (Lipinski definition) is 5. The molecule has 1 amide bonds. The number of rotatable bonds is 8. The first-order valence-corrected chi connectivity index (χ1v) is 9.81. The third kappa shape index (κ3) is 4.95. The number of methoxy groups -OCH3 is 2. The molecule has 0 atom stereocenters. The van der Waals surface area contributed by atoms with E-state index in [-0.39, 0.29) is 12.3 Å². The van der Waals surface area contributed by atoms with Gasteiger partial charge in [-0.1, -0.05) is 18.2 Å². The van der Waals surface area contributed by atoms with Crippen molar-refractivity contribution >= 4 is 17.2 Å². The van der Waals surface area contributed by atoms with E-state index in [2.05, 4.69) is 10.3 Å². The molecule has 4 rings (SSSR count). The molecule has 0 saturated heterocycles. The van der Waals surface area contributed by atoms with Gasteiger partial charge in [0.2, 0.25) is 5.91 Å². The van der Waals surface area contributed by atoms with Gasteiger partial charge in [-0.25, -0.2) is 4.98 Å². The first-order valence-electron chi connectivity index (χ1n) is 9.81. The third-order valence-electron chi connectivity index (χ3n) is 4.76. The highest BCUT2D eigenvalue weighted by Crippen LogP contribution is 2.25. The number of pyridine rings is 1. The van der Waals surface area contributed by atoms with Crippen LogP contribution in [0.2, 0.25) is 0 Å². The number of imidazole rings is 1. The fraction of sp³-hybridized carbons (Fsp3) is 0.167. The highest BCUT2D eigenvalue weighted by molar-refractivity contribution is 5.92. The number of nitrogens with zero attached hydrogens (tertiary/aromatic N) is 2. The Hall–Kier alpha value is -4.00. The van der Waals surface area contributed by atoms with E-state index in [1.165, 1.54) is 0 Å². The lowest BCUT2D eigenvalue weighted by Crippen LogP contribution is -2.15. The van der Waals surface area contributed by atoms with Crippen molar-refractivity contribution in [1.82, 2.24) is 9.38 Å². The SMILES string of the molecule is COc1ccc(CC(=O)Nc2cccc(OCc3cn4ccccc4n3)c2)c(OC)c1. The van der Waals surface area contributed by atoms with Gasteiger partial charge < -0.3 is 23.9 Å². The molecule has 158 valence electrons. The molecule has 0 bridgehead atoms. The highest BCUT2D eigenvalue weighted by Gasteiger charge is 2.11. The Morgan fingerprint density at radius 3 is 2.71 bits per heavy atom. The molecular formula is C24H23N3O4. The quantitative estimate of drug-likeness (QED) is 0.467. The molecule has 2 aromatic carbocycles. The van der Waals surface area contributed by atoms with E-state index in [1.54, 1.807) is 32.4 Å². The largest absolute Gasteiger partial charge is 0.497 e. The maximum Gasteiger partial charge on any atom is 0.228 e. The van der Waals surface area contributed by atoms with Gasteiger partial charge in [-0.3, -0.25) is 4.79 Å². The summed E-state index contributed by atoms with van der Waals surface area (Å²) >= 11 is 0. The summed E-state index contributed by atoms with van der Waals surface area (Å²) in [5.74, 6) is 1.79. The van der Waals surface area contributed by atoms with E-state index in [1.807, 2.05) is 59.3 Å². The van der Waals surface area contributed by atoms with Gasteiger partial charge in [-0.05, 0) is 30.3 Å². The molecule has 0 fully saturated rings. The van der Waals surface area contributed by atoms with E-state index >= 15 is 0 Å². The molecule has 2 aromatic heterocycles. The second-order valence-electron chi connectivity index (χ2n) is 6.92. The normalized spacial score (nSPS) is 10.6. The first-order chi connectivity index (χ1) is 15.1. The van der Waals surface area contributed by atoms with Crippen molar-refractivity contribution in [2.75, 3.05) is 19.5 Å². The summed E-state index contributed by atoms with van der Waals surface area (Å²) in [7, 11) is 3.16. The molecule has 0 spiro atoms. The smallest absolute Gasteiger partial charge is 0.228 e. The number of aromatic nitrogens is 2. The number of nitrogens with one attached hydrogen (secondary N) is 1. The first kappa shape index (κ1) is 20.3. The van der Waals surface area contributed by atoms with Crippen LogP contribution in [0.4, 0.5) is 5.69 Å². The zero-order valence-corrected chi connectivity index (χ0v) is 17.4. The van der Waals surface area contributed by atoms with Crippen molar-refractivity contribution < 1.29 is 19.0 Å². The lowest BCUT2D eigenvalue weighted by atomic mass is 10.1. The Labute approximate surface area is 180 Å². The summed E-state index contributed by atoms with van der Waals surface area (Å²) in [4.78, 5) is 17.1. The molecule has 7 nitrogen and oxygen atoms in total. The van der Waals surface area contributed by atoms with E-state index in [9.17, 15) is 4.79 Å². The molecule has 0 aliphatic rings. The second-order valence-corrected chi connectivity index (χ2v) is 6.92. The summed E-state index contributed by atoms with van der Waals surface area (Å²) in [6.45, 7) is 0.335. The van der Waals surface area contributed by atoms with Crippen molar-refractivity contribution in [3.8, 4) is 17.2 Å². The van der Waals surface area contributed by atoms with Crippen LogP contribution in [-0.4, -0.2) is 29.5 Å².